The number of aliphatic hydroxyl groups is 1. The number of hydrogen-bond acceptors (Lipinski definition) is 4. The largest absolute Gasteiger partial charge is 0.425 e. The second-order valence-corrected chi connectivity index (χ2v) is 7.96. The Bertz CT molecular complexity index is 1210. The molecule has 3 rings (SSSR count). The minimum Gasteiger partial charge on any atom is -0.372 e. The Morgan fingerprint density at radius 1 is 0.939 bits per heavy atom. The molecule has 5 nitrogen and oxygen atoms in total. The first kappa shape index (κ1) is 24.9. The van der Waals surface area contributed by atoms with Gasteiger partial charge in [-0.2, -0.15) is 13.2 Å². The number of nitrogens with one attached hydrogen (secondary N) is 1. The van der Waals surface area contributed by atoms with Gasteiger partial charge >= 0.3 is 6.18 Å². The van der Waals surface area contributed by atoms with Crippen molar-refractivity contribution in [3.63, 3.8) is 0 Å². The fourth-order valence-electron chi connectivity index (χ4n) is 3.03. The summed E-state index contributed by atoms with van der Waals surface area (Å²) in [5.74, 6) is -2.29. The fraction of sp³-hybridized carbons (Fsp3) is 0.0952. The highest BCUT2D eigenvalue weighted by atomic mass is 35.5. The second kappa shape index (κ2) is 9.26. The number of amides is 1. The van der Waals surface area contributed by atoms with Crippen LogP contribution in [0.4, 0.5) is 28.9 Å². The third kappa shape index (κ3) is 4.67. The molecule has 0 aliphatic carbocycles. The maximum Gasteiger partial charge on any atom is 0.425 e. The number of carbonyl (C=O) groups is 1. The molecule has 3 aromatic rings. The van der Waals surface area contributed by atoms with Gasteiger partial charge in [0.2, 0.25) is 5.60 Å². The molecule has 172 valence electrons. The van der Waals surface area contributed by atoms with Crippen molar-refractivity contribution in [2.45, 2.75) is 11.8 Å². The molecule has 0 spiro atoms. The van der Waals surface area contributed by atoms with Crippen LogP contribution >= 0.6 is 34.8 Å². The van der Waals surface area contributed by atoms with Gasteiger partial charge in [0.15, 0.2) is 5.82 Å². The Hall–Kier alpha value is -2.72. The molecule has 33 heavy (non-hydrogen) atoms. The number of nitrogens with zero attached hydrogens (tertiary/aromatic N) is 1. The summed E-state index contributed by atoms with van der Waals surface area (Å²) in [6.45, 7) is 0. The number of halogens is 7. The topological polar surface area (TPSA) is 78.8 Å². The zero-order valence-electron chi connectivity index (χ0n) is 16.1. The van der Waals surface area contributed by atoms with Crippen LogP contribution in [-0.2, 0) is 5.60 Å². The number of nitroso groups, excluding NO2 is 1. The molecule has 0 fully saturated rings. The van der Waals surface area contributed by atoms with Crippen LogP contribution < -0.4 is 5.32 Å². The summed E-state index contributed by atoms with van der Waals surface area (Å²) in [4.78, 5) is 23.1. The van der Waals surface area contributed by atoms with E-state index in [1.807, 2.05) is 0 Å². The van der Waals surface area contributed by atoms with Crippen LogP contribution in [0.2, 0.25) is 15.1 Å². The molecular weight excluding hydrogens is 511 g/mol. The monoisotopic (exact) mass is 520 g/mol. The van der Waals surface area contributed by atoms with Crippen LogP contribution in [0.5, 0.6) is 0 Å². The van der Waals surface area contributed by atoms with Gasteiger partial charge in [-0.3, -0.25) is 4.79 Å². The van der Waals surface area contributed by atoms with Crippen molar-refractivity contribution in [2.24, 2.45) is 5.18 Å². The first-order valence-corrected chi connectivity index (χ1v) is 10.0. The standard InChI is InChI=1S/C21H11Cl3F4N2O3/c22-12-6-4-10(5-7-12)20(32,21(26,27)28)11-8-14(23)18(15(24)9-11)29-19(31)13-2-1-3-16(30-33)17(13)25/h1-9,32H,(H,29,31). The van der Waals surface area contributed by atoms with E-state index < -0.39 is 55.9 Å². The van der Waals surface area contributed by atoms with Gasteiger partial charge in [0, 0.05) is 10.6 Å². The van der Waals surface area contributed by atoms with Crippen LogP contribution in [0.25, 0.3) is 0 Å². The highest BCUT2D eigenvalue weighted by Gasteiger charge is 2.56. The molecule has 0 radical (unpaired) electrons. The zero-order valence-corrected chi connectivity index (χ0v) is 18.3. The molecule has 1 amide bonds. The van der Waals surface area contributed by atoms with E-state index in [0.717, 1.165) is 36.4 Å². The predicted molar refractivity (Wildman–Crippen MR) is 117 cm³/mol. The van der Waals surface area contributed by atoms with E-state index in [9.17, 15) is 32.4 Å². The van der Waals surface area contributed by atoms with Gasteiger partial charge in [-0.1, -0.05) is 53.0 Å². The normalized spacial score (nSPS) is 13.3. The predicted octanol–water partition coefficient (Wildman–Crippen LogP) is 7.23. The third-order valence-corrected chi connectivity index (χ3v) is 5.54. The minimum atomic E-state index is -5.19. The number of hydrogen-bond donors (Lipinski definition) is 2. The summed E-state index contributed by atoms with van der Waals surface area (Å²) in [6.07, 6.45) is -5.19. The van der Waals surface area contributed by atoms with Crippen molar-refractivity contribution in [3.05, 3.63) is 97.1 Å². The van der Waals surface area contributed by atoms with Crippen LogP contribution in [0.3, 0.4) is 0 Å². The summed E-state index contributed by atoms with van der Waals surface area (Å²) < 4.78 is 56.1. The molecule has 0 saturated carbocycles. The summed E-state index contributed by atoms with van der Waals surface area (Å²) >= 11 is 17.9. The van der Waals surface area contributed by atoms with Gasteiger partial charge in [0.05, 0.1) is 21.3 Å². The van der Waals surface area contributed by atoms with Crippen LogP contribution in [0.15, 0.2) is 59.8 Å². The van der Waals surface area contributed by atoms with E-state index in [0.29, 0.717) is 0 Å². The SMILES string of the molecule is O=Nc1cccc(C(=O)Nc2c(Cl)cc(C(O)(c3ccc(Cl)cc3)C(F)(F)F)cc2Cl)c1F. The third-order valence-electron chi connectivity index (χ3n) is 4.69. The molecule has 0 aliphatic rings. The summed E-state index contributed by atoms with van der Waals surface area (Å²) in [6, 6.07) is 9.16. The molecule has 1 atom stereocenters. The van der Waals surface area contributed by atoms with Gasteiger partial charge in [-0.25, -0.2) is 4.39 Å². The first-order valence-electron chi connectivity index (χ1n) is 8.88. The van der Waals surface area contributed by atoms with E-state index >= 15 is 0 Å². The highest BCUT2D eigenvalue weighted by molar-refractivity contribution is 6.40. The van der Waals surface area contributed by atoms with Crippen molar-refractivity contribution >= 4 is 52.1 Å². The Morgan fingerprint density at radius 3 is 2.03 bits per heavy atom. The summed E-state index contributed by atoms with van der Waals surface area (Å²) in [5, 5.41) is 14.6. The van der Waals surface area contributed by atoms with E-state index in [2.05, 4.69) is 10.5 Å². The first-order chi connectivity index (χ1) is 15.4. The summed E-state index contributed by atoms with van der Waals surface area (Å²) in [7, 11) is 0. The molecule has 12 heteroatoms. The minimum absolute atomic E-state index is 0.151. The smallest absolute Gasteiger partial charge is 0.372 e. The van der Waals surface area contributed by atoms with Crippen molar-refractivity contribution in [1.82, 2.24) is 0 Å². The molecule has 2 N–H and O–H groups in total. The molecular formula is C21H11Cl3F4N2O3. The summed E-state index contributed by atoms with van der Waals surface area (Å²) in [5.41, 5.74) is -6.32. The van der Waals surface area contributed by atoms with Crippen LogP contribution in [-0.4, -0.2) is 17.2 Å². The van der Waals surface area contributed by atoms with Crippen LogP contribution in [0.1, 0.15) is 21.5 Å². The molecule has 1 unspecified atom stereocenters. The van der Waals surface area contributed by atoms with Crippen LogP contribution in [0, 0.1) is 10.7 Å². The maximum absolute atomic E-state index is 14.2. The Labute approximate surface area is 198 Å². The molecule has 0 bridgehead atoms. The van der Waals surface area contributed by atoms with Crippen molar-refractivity contribution < 1.29 is 27.5 Å². The van der Waals surface area contributed by atoms with Gasteiger partial charge in [-0.15, -0.1) is 4.91 Å². The number of rotatable bonds is 5. The maximum atomic E-state index is 14.2. The number of carbonyl (C=O) groups excluding carboxylic acids is 1. The second-order valence-electron chi connectivity index (χ2n) is 6.71. The molecule has 0 heterocycles. The molecule has 0 aromatic heterocycles. The number of benzene rings is 3. The van der Waals surface area contributed by atoms with Crippen molar-refractivity contribution in [2.75, 3.05) is 5.32 Å². The Balaban J connectivity index is 2.05. The molecule has 0 saturated heterocycles. The van der Waals surface area contributed by atoms with E-state index in [1.54, 1.807) is 0 Å². The van der Waals surface area contributed by atoms with Crippen molar-refractivity contribution in [3.8, 4) is 0 Å². The lowest BCUT2D eigenvalue weighted by molar-refractivity contribution is -0.248. The fourth-order valence-corrected chi connectivity index (χ4v) is 3.74. The number of anilines is 1. The lowest BCUT2D eigenvalue weighted by atomic mass is 9.85. The van der Waals surface area contributed by atoms with E-state index in [1.165, 1.54) is 18.2 Å². The van der Waals surface area contributed by atoms with Gasteiger partial charge in [0.25, 0.3) is 5.91 Å². The van der Waals surface area contributed by atoms with E-state index in [4.69, 9.17) is 34.8 Å². The van der Waals surface area contributed by atoms with Crippen molar-refractivity contribution in [1.29, 1.82) is 0 Å². The number of alkyl halides is 3. The lowest BCUT2D eigenvalue weighted by Crippen LogP contribution is -2.43. The molecule has 3 aromatic carbocycles. The molecule has 0 aliphatic heterocycles. The van der Waals surface area contributed by atoms with Gasteiger partial charge < -0.3 is 10.4 Å². The average Bonchev–Trinajstić information content (AvgIpc) is 2.75. The van der Waals surface area contributed by atoms with Gasteiger partial charge in [-0.05, 0) is 47.1 Å². The van der Waals surface area contributed by atoms with E-state index in [-0.39, 0.29) is 10.7 Å². The Kier molecular flexibility index (Phi) is 6.99. The highest BCUT2D eigenvalue weighted by Crippen LogP contribution is 2.47. The Morgan fingerprint density at radius 2 is 1.52 bits per heavy atom. The zero-order chi connectivity index (χ0) is 24.6. The quantitative estimate of drug-likeness (QED) is 0.274. The lowest BCUT2D eigenvalue weighted by Gasteiger charge is -2.32. The van der Waals surface area contributed by atoms with Gasteiger partial charge in [0.1, 0.15) is 5.69 Å². The average molecular weight is 522 g/mol.